The number of benzene rings is 1. The number of thioether (sulfide) groups is 1. The number of hydrogen-bond donors (Lipinski definition) is 1. The van der Waals surface area contributed by atoms with E-state index in [0.29, 0.717) is 0 Å². The summed E-state index contributed by atoms with van der Waals surface area (Å²) in [6.07, 6.45) is 2.62. The van der Waals surface area contributed by atoms with Crippen LogP contribution in [0.4, 0.5) is 0 Å². The molecule has 1 saturated carbocycles. The van der Waals surface area contributed by atoms with E-state index in [0.717, 1.165) is 11.7 Å². The van der Waals surface area contributed by atoms with Gasteiger partial charge in [-0.1, -0.05) is 19.1 Å². The molecule has 0 spiro atoms. The third-order valence-corrected chi connectivity index (χ3v) is 3.60. The van der Waals surface area contributed by atoms with Gasteiger partial charge in [-0.2, -0.15) is 0 Å². The summed E-state index contributed by atoms with van der Waals surface area (Å²) in [4.78, 5) is 1.35. The van der Waals surface area contributed by atoms with Gasteiger partial charge in [0.15, 0.2) is 0 Å². The predicted molar refractivity (Wildman–Crippen MR) is 69.7 cm³/mol. The molecular formula is C12H18ClNS. The Kier molecular flexibility index (Phi) is 4.97. The first-order valence-corrected chi connectivity index (χ1v) is 6.28. The van der Waals surface area contributed by atoms with Gasteiger partial charge in [-0.15, -0.1) is 24.2 Å². The summed E-state index contributed by atoms with van der Waals surface area (Å²) >= 11 is 1.88. The second-order valence-electron chi connectivity index (χ2n) is 3.87. The van der Waals surface area contributed by atoms with Crippen molar-refractivity contribution in [1.82, 2.24) is 0 Å². The molecule has 2 rings (SSSR count). The number of halogens is 1. The molecule has 84 valence electrons. The van der Waals surface area contributed by atoms with E-state index < -0.39 is 0 Å². The first kappa shape index (κ1) is 12.9. The van der Waals surface area contributed by atoms with Gasteiger partial charge in [0.2, 0.25) is 0 Å². The lowest BCUT2D eigenvalue weighted by Crippen LogP contribution is -2.11. The van der Waals surface area contributed by atoms with E-state index in [9.17, 15) is 0 Å². The molecule has 0 aliphatic heterocycles. The van der Waals surface area contributed by atoms with Crippen LogP contribution in [0.3, 0.4) is 0 Å². The Morgan fingerprint density at radius 1 is 1.33 bits per heavy atom. The van der Waals surface area contributed by atoms with Crippen molar-refractivity contribution in [2.45, 2.75) is 30.7 Å². The van der Waals surface area contributed by atoms with E-state index in [1.54, 1.807) is 0 Å². The fourth-order valence-corrected chi connectivity index (χ4v) is 2.34. The maximum absolute atomic E-state index is 6.12. The van der Waals surface area contributed by atoms with Gasteiger partial charge in [0.25, 0.3) is 0 Å². The van der Waals surface area contributed by atoms with E-state index in [4.69, 9.17) is 5.73 Å². The normalized spacial score (nSPS) is 16.9. The summed E-state index contributed by atoms with van der Waals surface area (Å²) in [5.74, 6) is 1.88. The number of rotatable bonds is 4. The molecule has 1 aliphatic carbocycles. The number of hydrogen-bond acceptors (Lipinski definition) is 2. The highest BCUT2D eigenvalue weighted by Gasteiger charge is 2.29. The highest BCUT2D eigenvalue weighted by atomic mass is 35.5. The third-order valence-electron chi connectivity index (χ3n) is 2.71. The van der Waals surface area contributed by atoms with Crippen LogP contribution in [0, 0.1) is 5.92 Å². The Hall–Kier alpha value is -0.180. The molecule has 0 amide bonds. The summed E-state index contributed by atoms with van der Waals surface area (Å²) in [6.45, 7) is 2.18. The molecule has 15 heavy (non-hydrogen) atoms. The van der Waals surface area contributed by atoms with E-state index in [2.05, 4.69) is 31.2 Å². The lowest BCUT2D eigenvalue weighted by atomic mass is 10.0. The van der Waals surface area contributed by atoms with Gasteiger partial charge in [-0.05, 0) is 42.2 Å². The van der Waals surface area contributed by atoms with E-state index in [1.165, 1.54) is 23.3 Å². The van der Waals surface area contributed by atoms with Crippen LogP contribution in [-0.4, -0.2) is 5.75 Å². The summed E-state index contributed by atoms with van der Waals surface area (Å²) in [5.41, 5.74) is 7.42. The van der Waals surface area contributed by atoms with Crippen LogP contribution in [0.15, 0.2) is 29.2 Å². The largest absolute Gasteiger partial charge is 0.324 e. The van der Waals surface area contributed by atoms with Gasteiger partial charge < -0.3 is 5.73 Å². The van der Waals surface area contributed by atoms with Crippen LogP contribution in [0.5, 0.6) is 0 Å². The quantitative estimate of drug-likeness (QED) is 0.818. The minimum atomic E-state index is 0. The molecular weight excluding hydrogens is 226 g/mol. The Labute approximate surface area is 102 Å². The molecule has 1 atom stereocenters. The van der Waals surface area contributed by atoms with Gasteiger partial charge >= 0.3 is 0 Å². The van der Waals surface area contributed by atoms with Crippen molar-refractivity contribution >= 4 is 24.2 Å². The number of nitrogens with two attached hydrogens (primary N) is 1. The molecule has 1 aromatic carbocycles. The molecule has 0 heterocycles. The summed E-state index contributed by atoms with van der Waals surface area (Å²) in [6, 6.07) is 9.01. The van der Waals surface area contributed by atoms with Gasteiger partial charge in [-0.25, -0.2) is 0 Å². The van der Waals surface area contributed by atoms with Crippen molar-refractivity contribution in [2.24, 2.45) is 11.7 Å². The average molecular weight is 244 g/mol. The maximum atomic E-state index is 6.12. The van der Waals surface area contributed by atoms with Gasteiger partial charge in [0.1, 0.15) is 0 Å². The zero-order valence-corrected chi connectivity index (χ0v) is 10.6. The lowest BCUT2D eigenvalue weighted by molar-refractivity contribution is 0.633. The summed E-state index contributed by atoms with van der Waals surface area (Å²) in [5, 5.41) is 0. The monoisotopic (exact) mass is 243 g/mol. The topological polar surface area (TPSA) is 26.0 Å². The van der Waals surface area contributed by atoms with Crippen LogP contribution >= 0.6 is 24.2 Å². The molecule has 0 bridgehead atoms. The third kappa shape index (κ3) is 3.40. The van der Waals surface area contributed by atoms with Crippen molar-refractivity contribution < 1.29 is 0 Å². The molecule has 0 aromatic heterocycles. The van der Waals surface area contributed by atoms with Crippen molar-refractivity contribution in [3.63, 3.8) is 0 Å². The second kappa shape index (κ2) is 5.78. The first-order valence-electron chi connectivity index (χ1n) is 5.29. The second-order valence-corrected chi connectivity index (χ2v) is 5.20. The Bertz CT molecular complexity index is 295. The fraction of sp³-hybridized carbons (Fsp3) is 0.500. The van der Waals surface area contributed by atoms with E-state index >= 15 is 0 Å². The van der Waals surface area contributed by atoms with E-state index in [-0.39, 0.29) is 18.4 Å². The fourth-order valence-electron chi connectivity index (χ4n) is 1.68. The molecule has 1 aliphatic rings. The lowest BCUT2D eigenvalue weighted by Gasteiger charge is -2.10. The molecule has 3 heteroatoms. The molecule has 2 N–H and O–H groups in total. The summed E-state index contributed by atoms with van der Waals surface area (Å²) in [7, 11) is 0. The standard InChI is InChI=1S/C12H17NS.ClH/c1-2-14-11-7-5-10(6-8-11)12(13)9-3-4-9;/h5-9,12H,2-4,13H2,1H3;1H/t12-;/m1./s1. The average Bonchev–Trinajstić information content (AvgIpc) is 3.02. The zero-order chi connectivity index (χ0) is 9.97. The van der Waals surface area contributed by atoms with Crippen LogP contribution < -0.4 is 5.73 Å². The van der Waals surface area contributed by atoms with Crippen LogP contribution in [0.25, 0.3) is 0 Å². The molecule has 1 nitrogen and oxygen atoms in total. The molecule has 1 aromatic rings. The van der Waals surface area contributed by atoms with Crippen molar-refractivity contribution in [3.05, 3.63) is 29.8 Å². The van der Waals surface area contributed by atoms with Crippen molar-refractivity contribution in [1.29, 1.82) is 0 Å². The molecule has 0 radical (unpaired) electrons. The Morgan fingerprint density at radius 3 is 2.40 bits per heavy atom. The maximum Gasteiger partial charge on any atom is 0.0323 e. The minimum absolute atomic E-state index is 0. The SMILES string of the molecule is CCSc1ccc([C@H](N)C2CC2)cc1.Cl. The smallest absolute Gasteiger partial charge is 0.0323 e. The Morgan fingerprint density at radius 2 is 1.93 bits per heavy atom. The highest BCUT2D eigenvalue weighted by Crippen LogP contribution is 2.39. The van der Waals surface area contributed by atoms with Crippen LogP contribution in [0.2, 0.25) is 0 Å². The Balaban J connectivity index is 0.00000112. The van der Waals surface area contributed by atoms with Gasteiger partial charge in [0.05, 0.1) is 0 Å². The van der Waals surface area contributed by atoms with Crippen LogP contribution in [0.1, 0.15) is 31.4 Å². The van der Waals surface area contributed by atoms with Crippen molar-refractivity contribution in [2.75, 3.05) is 5.75 Å². The molecule has 0 unspecified atom stereocenters. The van der Waals surface area contributed by atoms with Crippen LogP contribution in [-0.2, 0) is 0 Å². The van der Waals surface area contributed by atoms with Crippen molar-refractivity contribution in [3.8, 4) is 0 Å². The minimum Gasteiger partial charge on any atom is -0.324 e. The summed E-state index contributed by atoms with van der Waals surface area (Å²) < 4.78 is 0. The molecule has 1 fully saturated rings. The highest BCUT2D eigenvalue weighted by molar-refractivity contribution is 7.99. The predicted octanol–water partition coefficient (Wildman–Crippen LogP) is 3.63. The van der Waals surface area contributed by atoms with E-state index in [1.807, 2.05) is 11.8 Å². The zero-order valence-electron chi connectivity index (χ0n) is 8.98. The van der Waals surface area contributed by atoms with Gasteiger partial charge in [-0.3, -0.25) is 0 Å². The van der Waals surface area contributed by atoms with Gasteiger partial charge in [0, 0.05) is 10.9 Å². The molecule has 0 saturated heterocycles. The first-order chi connectivity index (χ1) is 6.81.